The summed E-state index contributed by atoms with van der Waals surface area (Å²) >= 11 is 0. The van der Waals surface area contributed by atoms with Crippen LogP contribution in [0.1, 0.15) is 33.1 Å². The summed E-state index contributed by atoms with van der Waals surface area (Å²) in [6.45, 7) is 5.87. The molecular weight excluding hydrogens is 164 g/mol. The lowest BCUT2D eigenvalue weighted by atomic mass is 9.81. The van der Waals surface area contributed by atoms with Gasteiger partial charge in [-0.05, 0) is 26.7 Å². The zero-order valence-electron chi connectivity index (χ0n) is 8.51. The quantitative estimate of drug-likeness (QED) is 0.535. The van der Waals surface area contributed by atoms with Crippen LogP contribution < -0.4 is 0 Å². The highest BCUT2D eigenvalue weighted by Crippen LogP contribution is 2.42. The molecule has 0 N–H and O–H groups in total. The molecule has 2 heterocycles. The van der Waals surface area contributed by atoms with E-state index in [-0.39, 0.29) is 11.2 Å². The summed E-state index contributed by atoms with van der Waals surface area (Å²) in [6.07, 6.45) is 7.58. The Labute approximate surface area is 79.9 Å². The van der Waals surface area contributed by atoms with Crippen LogP contribution in [-0.2, 0) is 9.47 Å². The normalized spacial score (nSPS) is 38.0. The van der Waals surface area contributed by atoms with Gasteiger partial charge in [-0.2, -0.15) is 0 Å². The number of hydrogen-bond acceptors (Lipinski definition) is 2. The molecule has 2 nitrogen and oxygen atoms in total. The lowest BCUT2D eigenvalue weighted by Crippen LogP contribution is -2.48. The van der Waals surface area contributed by atoms with E-state index < -0.39 is 0 Å². The molecule has 2 heteroatoms. The van der Waals surface area contributed by atoms with Crippen LogP contribution in [0.4, 0.5) is 0 Å². The maximum atomic E-state index is 5.95. The van der Waals surface area contributed by atoms with E-state index in [9.17, 15) is 0 Å². The van der Waals surface area contributed by atoms with Crippen molar-refractivity contribution < 1.29 is 9.47 Å². The van der Waals surface area contributed by atoms with Crippen LogP contribution in [0.3, 0.4) is 0 Å². The van der Waals surface area contributed by atoms with E-state index in [4.69, 9.17) is 9.47 Å². The molecule has 0 radical (unpaired) electrons. The van der Waals surface area contributed by atoms with Gasteiger partial charge in [0.05, 0.1) is 24.4 Å². The molecule has 0 aromatic carbocycles. The zero-order chi connectivity index (χ0) is 9.36. The van der Waals surface area contributed by atoms with Crippen LogP contribution in [0.5, 0.6) is 0 Å². The standard InChI is InChI=1S/C11H18O2/c1-10(2)11(7-9-12-10)6-4-3-5-8-13-11/h3,5H,4,6-9H2,1-2H3/t11-/m1/s1. The molecule has 1 saturated heterocycles. The molecule has 2 aliphatic heterocycles. The van der Waals surface area contributed by atoms with E-state index in [1.165, 1.54) is 0 Å². The molecule has 1 spiro atoms. The Balaban J connectivity index is 2.18. The molecule has 1 fully saturated rings. The Morgan fingerprint density at radius 3 is 2.62 bits per heavy atom. The van der Waals surface area contributed by atoms with Crippen LogP contribution in [0.15, 0.2) is 12.2 Å². The smallest absolute Gasteiger partial charge is 0.0994 e. The minimum atomic E-state index is -0.112. The number of allylic oxidation sites excluding steroid dienone is 1. The summed E-state index contributed by atoms with van der Waals surface area (Å²) in [7, 11) is 0. The first-order chi connectivity index (χ1) is 6.16. The van der Waals surface area contributed by atoms with Crippen LogP contribution >= 0.6 is 0 Å². The summed E-state index contributed by atoms with van der Waals surface area (Å²) in [4.78, 5) is 0. The molecule has 0 bridgehead atoms. The molecule has 2 rings (SSSR count). The van der Waals surface area contributed by atoms with Gasteiger partial charge in [-0.1, -0.05) is 12.2 Å². The van der Waals surface area contributed by atoms with Crippen molar-refractivity contribution in [3.05, 3.63) is 12.2 Å². The van der Waals surface area contributed by atoms with Crippen molar-refractivity contribution in [1.29, 1.82) is 0 Å². The Morgan fingerprint density at radius 1 is 1.08 bits per heavy atom. The summed E-state index contributed by atoms with van der Waals surface area (Å²) in [6, 6.07) is 0. The molecular formula is C11H18O2. The first kappa shape index (κ1) is 9.22. The Hall–Kier alpha value is -0.340. The van der Waals surface area contributed by atoms with E-state index in [0.717, 1.165) is 32.5 Å². The van der Waals surface area contributed by atoms with Gasteiger partial charge in [0.1, 0.15) is 0 Å². The fourth-order valence-corrected chi connectivity index (χ4v) is 2.36. The van der Waals surface area contributed by atoms with Gasteiger partial charge in [-0.25, -0.2) is 0 Å². The number of rotatable bonds is 0. The first-order valence-electron chi connectivity index (χ1n) is 5.09. The summed E-state index contributed by atoms with van der Waals surface area (Å²) in [5.74, 6) is 0. The van der Waals surface area contributed by atoms with Gasteiger partial charge in [0.25, 0.3) is 0 Å². The summed E-state index contributed by atoms with van der Waals surface area (Å²) in [5, 5.41) is 0. The topological polar surface area (TPSA) is 18.5 Å². The van der Waals surface area contributed by atoms with Gasteiger partial charge in [0.2, 0.25) is 0 Å². The van der Waals surface area contributed by atoms with Crippen molar-refractivity contribution >= 4 is 0 Å². The third-order valence-electron chi connectivity index (χ3n) is 3.40. The van der Waals surface area contributed by atoms with Crippen molar-refractivity contribution in [2.24, 2.45) is 0 Å². The lowest BCUT2D eigenvalue weighted by Gasteiger charge is -2.38. The van der Waals surface area contributed by atoms with Crippen LogP contribution in [0.25, 0.3) is 0 Å². The van der Waals surface area contributed by atoms with E-state index >= 15 is 0 Å². The Bertz CT molecular complexity index is 208. The van der Waals surface area contributed by atoms with Gasteiger partial charge in [0.15, 0.2) is 0 Å². The van der Waals surface area contributed by atoms with Gasteiger partial charge in [-0.15, -0.1) is 0 Å². The highest BCUT2D eigenvalue weighted by molar-refractivity contribution is 5.04. The van der Waals surface area contributed by atoms with Crippen LogP contribution in [0.2, 0.25) is 0 Å². The minimum absolute atomic E-state index is 0.0312. The van der Waals surface area contributed by atoms with Crippen molar-refractivity contribution in [3.8, 4) is 0 Å². The van der Waals surface area contributed by atoms with E-state index in [1.807, 2.05) is 0 Å². The molecule has 0 amide bonds. The van der Waals surface area contributed by atoms with Gasteiger partial charge in [0, 0.05) is 6.42 Å². The predicted molar refractivity (Wildman–Crippen MR) is 51.7 cm³/mol. The van der Waals surface area contributed by atoms with E-state index in [2.05, 4.69) is 26.0 Å². The molecule has 74 valence electrons. The highest BCUT2D eigenvalue weighted by atomic mass is 16.6. The fraction of sp³-hybridized carbons (Fsp3) is 0.818. The van der Waals surface area contributed by atoms with Gasteiger partial charge in [-0.3, -0.25) is 0 Å². The van der Waals surface area contributed by atoms with Gasteiger partial charge < -0.3 is 9.47 Å². The molecule has 0 aliphatic carbocycles. The molecule has 0 aromatic rings. The SMILES string of the molecule is CC1(C)OCC[C@]12CCC=CCO2. The largest absolute Gasteiger partial charge is 0.372 e. The maximum absolute atomic E-state index is 5.95. The first-order valence-corrected chi connectivity index (χ1v) is 5.09. The monoisotopic (exact) mass is 182 g/mol. The third-order valence-corrected chi connectivity index (χ3v) is 3.40. The molecule has 2 aliphatic rings. The minimum Gasteiger partial charge on any atom is -0.372 e. The highest BCUT2D eigenvalue weighted by Gasteiger charge is 2.50. The van der Waals surface area contributed by atoms with Gasteiger partial charge >= 0.3 is 0 Å². The molecule has 0 unspecified atom stereocenters. The molecule has 1 atom stereocenters. The van der Waals surface area contributed by atoms with Crippen molar-refractivity contribution in [3.63, 3.8) is 0 Å². The zero-order valence-corrected chi connectivity index (χ0v) is 8.51. The van der Waals surface area contributed by atoms with Crippen molar-refractivity contribution in [1.82, 2.24) is 0 Å². The average Bonchev–Trinajstić information content (AvgIpc) is 2.29. The fourth-order valence-electron chi connectivity index (χ4n) is 2.36. The predicted octanol–water partition coefficient (Wildman–Crippen LogP) is 2.29. The number of hydrogen-bond donors (Lipinski definition) is 0. The average molecular weight is 182 g/mol. The van der Waals surface area contributed by atoms with E-state index in [1.54, 1.807) is 0 Å². The van der Waals surface area contributed by atoms with Crippen molar-refractivity contribution in [2.75, 3.05) is 13.2 Å². The second kappa shape index (κ2) is 3.10. The number of ether oxygens (including phenoxy) is 2. The Kier molecular flexibility index (Phi) is 2.20. The maximum Gasteiger partial charge on any atom is 0.0994 e. The van der Waals surface area contributed by atoms with E-state index in [0.29, 0.717) is 0 Å². The molecule has 0 aromatic heterocycles. The third kappa shape index (κ3) is 1.42. The second-order valence-corrected chi connectivity index (χ2v) is 4.42. The molecule has 0 saturated carbocycles. The lowest BCUT2D eigenvalue weighted by molar-refractivity contribution is -0.131. The summed E-state index contributed by atoms with van der Waals surface area (Å²) in [5.41, 5.74) is -0.143. The van der Waals surface area contributed by atoms with Crippen molar-refractivity contribution in [2.45, 2.75) is 44.3 Å². The Morgan fingerprint density at radius 2 is 1.92 bits per heavy atom. The summed E-state index contributed by atoms with van der Waals surface area (Å²) < 4.78 is 11.7. The molecule has 13 heavy (non-hydrogen) atoms. The second-order valence-electron chi connectivity index (χ2n) is 4.42. The van der Waals surface area contributed by atoms with Crippen LogP contribution in [0, 0.1) is 0 Å². The van der Waals surface area contributed by atoms with Crippen LogP contribution in [-0.4, -0.2) is 24.4 Å².